The number of hydrogen-bond donors (Lipinski definition) is 0. The lowest BCUT2D eigenvalue weighted by molar-refractivity contribution is -0.00294. The van der Waals surface area contributed by atoms with Crippen molar-refractivity contribution in [2.75, 3.05) is 50.8 Å². The van der Waals surface area contributed by atoms with Crippen molar-refractivity contribution < 1.29 is 18.4 Å². The summed E-state index contributed by atoms with van der Waals surface area (Å²) in [5.41, 5.74) is 0.909. The lowest BCUT2D eigenvalue weighted by Crippen LogP contribution is -2.58. The van der Waals surface area contributed by atoms with E-state index in [4.69, 9.17) is 9.26 Å². The molecule has 1 atom stereocenters. The van der Waals surface area contributed by atoms with E-state index >= 15 is 0 Å². The first-order chi connectivity index (χ1) is 15.1. The van der Waals surface area contributed by atoms with Gasteiger partial charge in [0.2, 0.25) is 0 Å². The van der Waals surface area contributed by atoms with Crippen molar-refractivity contribution in [3.8, 4) is 11.3 Å². The van der Waals surface area contributed by atoms with Gasteiger partial charge in [-0.25, -0.2) is 14.2 Å². The van der Waals surface area contributed by atoms with Crippen LogP contribution in [-0.4, -0.2) is 78.0 Å². The van der Waals surface area contributed by atoms with Gasteiger partial charge in [0, 0.05) is 56.8 Å². The maximum atomic E-state index is 13.8. The highest BCUT2D eigenvalue weighted by atomic mass is 19.1. The van der Waals surface area contributed by atoms with Crippen LogP contribution >= 0.6 is 0 Å². The van der Waals surface area contributed by atoms with Crippen LogP contribution in [0.4, 0.5) is 15.0 Å². The van der Waals surface area contributed by atoms with Crippen molar-refractivity contribution in [1.82, 2.24) is 19.9 Å². The zero-order valence-corrected chi connectivity index (χ0v) is 17.8. The van der Waals surface area contributed by atoms with Crippen LogP contribution in [0.25, 0.3) is 11.3 Å². The monoisotopic (exact) mass is 429 g/mol. The third kappa shape index (κ3) is 3.86. The van der Waals surface area contributed by atoms with Crippen molar-refractivity contribution >= 4 is 11.9 Å². The van der Waals surface area contributed by atoms with Gasteiger partial charge < -0.3 is 19.1 Å². The Balaban J connectivity index is 1.19. The van der Waals surface area contributed by atoms with Gasteiger partial charge in [0.25, 0.3) is 0 Å². The second-order valence-electron chi connectivity index (χ2n) is 8.88. The summed E-state index contributed by atoms with van der Waals surface area (Å²) in [6.07, 6.45) is 6.12. The highest BCUT2D eigenvalue weighted by molar-refractivity contribution is 5.72. The number of halogens is 1. The second-order valence-corrected chi connectivity index (χ2v) is 8.88. The molecule has 0 N–H and O–H groups in total. The summed E-state index contributed by atoms with van der Waals surface area (Å²) in [6.45, 7) is 7.46. The molecule has 5 rings (SSSR count). The Kier molecular flexibility index (Phi) is 5.29. The fourth-order valence-electron chi connectivity index (χ4n) is 5.40. The summed E-state index contributed by atoms with van der Waals surface area (Å²) in [5.74, 6) is 0.880. The Bertz CT molecular complexity index is 923. The largest absolute Gasteiger partial charge is 0.450 e. The van der Waals surface area contributed by atoms with Gasteiger partial charge in [-0.3, -0.25) is 4.90 Å². The van der Waals surface area contributed by atoms with Gasteiger partial charge in [0.05, 0.1) is 24.6 Å². The number of pyridine rings is 1. The van der Waals surface area contributed by atoms with Crippen molar-refractivity contribution in [3.05, 3.63) is 30.3 Å². The highest BCUT2D eigenvalue weighted by Crippen LogP contribution is 2.47. The Morgan fingerprint density at radius 2 is 2.13 bits per heavy atom. The van der Waals surface area contributed by atoms with Crippen LogP contribution in [-0.2, 0) is 4.74 Å². The van der Waals surface area contributed by atoms with Gasteiger partial charge >= 0.3 is 6.09 Å². The molecule has 8 nitrogen and oxygen atoms in total. The van der Waals surface area contributed by atoms with Gasteiger partial charge in [0.1, 0.15) is 11.6 Å². The quantitative estimate of drug-likeness (QED) is 0.740. The van der Waals surface area contributed by atoms with E-state index in [1.165, 1.54) is 25.1 Å². The highest BCUT2D eigenvalue weighted by Gasteiger charge is 2.51. The number of anilines is 1. The fourth-order valence-corrected chi connectivity index (χ4v) is 5.40. The van der Waals surface area contributed by atoms with E-state index in [1.54, 1.807) is 12.3 Å². The number of likely N-dealkylation sites (tertiary alicyclic amines) is 1. The van der Waals surface area contributed by atoms with Gasteiger partial charge in [0.15, 0.2) is 5.76 Å². The van der Waals surface area contributed by atoms with Crippen molar-refractivity contribution in [3.63, 3.8) is 0 Å². The van der Waals surface area contributed by atoms with Gasteiger partial charge in [-0.2, -0.15) is 0 Å². The fraction of sp³-hybridized carbons (Fsp3) is 0.591. The predicted molar refractivity (Wildman–Crippen MR) is 112 cm³/mol. The maximum Gasteiger partial charge on any atom is 0.409 e. The summed E-state index contributed by atoms with van der Waals surface area (Å²) in [7, 11) is 0. The van der Waals surface area contributed by atoms with E-state index in [0.717, 1.165) is 51.5 Å². The minimum atomic E-state index is -0.387. The average Bonchev–Trinajstić information content (AvgIpc) is 3.43. The van der Waals surface area contributed by atoms with Crippen LogP contribution in [0.5, 0.6) is 0 Å². The van der Waals surface area contributed by atoms with Crippen LogP contribution in [0.1, 0.15) is 26.2 Å². The summed E-state index contributed by atoms with van der Waals surface area (Å²) in [5, 5.41) is 3.75. The van der Waals surface area contributed by atoms with E-state index in [-0.39, 0.29) is 17.3 Å². The summed E-state index contributed by atoms with van der Waals surface area (Å²) < 4.78 is 24.2. The molecule has 31 heavy (non-hydrogen) atoms. The normalized spacial score (nSPS) is 23.2. The molecule has 166 valence electrons. The molecule has 3 aliphatic rings. The Hall–Kier alpha value is -2.68. The minimum absolute atomic E-state index is 0.181. The molecule has 2 aliphatic heterocycles. The SMILES string of the molecule is CCOC(=O)N1CC2(CC[C@@H](N3CCN(c4ncc(F)cc4-c4ccno4)CC3)C2)C1. The van der Waals surface area contributed by atoms with E-state index in [1.807, 2.05) is 11.8 Å². The molecule has 2 aromatic heterocycles. The zero-order chi connectivity index (χ0) is 21.4. The number of carbonyl (C=O) groups excluding carboxylic acids is 1. The minimum Gasteiger partial charge on any atom is -0.450 e. The van der Waals surface area contributed by atoms with Gasteiger partial charge in [-0.15, -0.1) is 0 Å². The molecular weight excluding hydrogens is 401 g/mol. The first-order valence-corrected chi connectivity index (χ1v) is 11.0. The molecule has 0 radical (unpaired) electrons. The number of rotatable bonds is 4. The zero-order valence-electron chi connectivity index (χ0n) is 17.8. The van der Waals surface area contributed by atoms with E-state index < -0.39 is 0 Å². The molecular formula is C22H28FN5O3. The third-order valence-electron chi connectivity index (χ3n) is 6.92. The van der Waals surface area contributed by atoms with Crippen LogP contribution < -0.4 is 4.90 Å². The Labute approximate surface area is 180 Å². The van der Waals surface area contributed by atoms with Crippen LogP contribution in [0.15, 0.2) is 29.0 Å². The topological polar surface area (TPSA) is 74.9 Å². The predicted octanol–water partition coefficient (Wildman–Crippen LogP) is 3.01. The number of amides is 1. The number of nitrogens with zero attached hydrogens (tertiary/aromatic N) is 5. The smallest absolute Gasteiger partial charge is 0.409 e. The number of aromatic nitrogens is 2. The van der Waals surface area contributed by atoms with Crippen LogP contribution in [0.3, 0.4) is 0 Å². The average molecular weight is 429 g/mol. The van der Waals surface area contributed by atoms with Crippen LogP contribution in [0.2, 0.25) is 0 Å². The van der Waals surface area contributed by atoms with Crippen LogP contribution in [0, 0.1) is 11.2 Å². The summed E-state index contributed by atoms with van der Waals surface area (Å²) in [6, 6.07) is 3.75. The van der Waals surface area contributed by atoms with Gasteiger partial charge in [-0.1, -0.05) is 5.16 Å². The molecule has 2 saturated heterocycles. The molecule has 1 spiro atoms. The van der Waals surface area contributed by atoms with E-state index in [0.29, 0.717) is 24.0 Å². The number of ether oxygens (including phenoxy) is 1. The van der Waals surface area contributed by atoms with E-state index in [9.17, 15) is 9.18 Å². The maximum absolute atomic E-state index is 13.8. The summed E-state index contributed by atoms with van der Waals surface area (Å²) >= 11 is 0. The second kappa shape index (κ2) is 8.11. The van der Waals surface area contributed by atoms with Crippen molar-refractivity contribution in [1.29, 1.82) is 0 Å². The first-order valence-electron chi connectivity index (χ1n) is 11.0. The number of carbonyl (C=O) groups is 1. The molecule has 4 heterocycles. The third-order valence-corrected chi connectivity index (χ3v) is 6.92. The van der Waals surface area contributed by atoms with E-state index in [2.05, 4.69) is 19.9 Å². The lowest BCUT2D eigenvalue weighted by Gasteiger charge is -2.48. The molecule has 0 bridgehead atoms. The first kappa shape index (κ1) is 20.2. The molecule has 9 heteroatoms. The van der Waals surface area contributed by atoms with Crippen molar-refractivity contribution in [2.24, 2.45) is 5.41 Å². The molecule has 2 aromatic rings. The molecule has 3 fully saturated rings. The lowest BCUT2D eigenvalue weighted by atomic mass is 9.78. The Morgan fingerprint density at radius 1 is 1.32 bits per heavy atom. The molecule has 1 aliphatic carbocycles. The van der Waals surface area contributed by atoms with Crippen molar-refractivity contribution in [2.45, 2.75) is 32.2 Å². The molecule has 0 unspecified atom stereocenters. The molecule has 0 aromatic carbocycles. The standard InChI is InChI=1S/C22H28FN5O3/c1-2-30-21(29)28-14-22(15-28)5-3-17(12-22)26-7-9-27(10-8-26)20-18(11-16(23)13-24-20)19-4-6-25-31-19/h4,6,11,13,17H,2-3,5,7-10,12,14-15H2,1H3/t17-/m1/s1. The molecule has 1 amide bonds. The molecule has 1 saturated carbocycles. The Morgan fingerprint density at radius 3 is 2.84 bits per heavy atom. The van der Waals surface area contributed by atoms with Gasteiger partial charge in [-0.05, 0) is 32.3 Å². The summed E-state index contributed by atoms with van der Waals surface area (Å²) in [4.78, 5) is 22.9. The number of hydrogen-bond acceptors (Lipinski definition) is 7. The number of piperazine rings is 1.